The molecule has 98 valence electrons. The average molecular weight is 241 g/mol. The average Bonchev–Trinajstić information content (AvgIpc) is 2.27. The number of hydrogen-bond donors (Lipinski definition) is 1. The van der Waals surface area contributed by atoms with E-state index in [1.54, 1.807) is 6.92 Å². The fraction of sp³-hybridized carbons (Fsp3) is 0.833. The molecule has 0 unspecified atom stereocenters. The van der Waals surface area contributed by atoms with E-state index in [1.165, 1.54) is 0 Å². The van der Waals surface area contributed by atoms with Crippen molar-refractivity contribution >= 4 is 11.8 Å². The van der Waals surface area contributed by atoms with Crippen LogP contribution in [0, 0.1) is 5.92 Å². The van der Waals surface area contributed by atoms with Crippen LogP contribution in [0.25, 0.3) is 0 Å². The third-order valence-corrected chi connectivity index (χ3v) is 2.89. The smallest absolute Gasteiger partial charge is 0.234 e. The second-order valence-electron chi connectivity index (χ2n) is 4.98. The minimum atomic E-state index is 0.0787. The first-order valence-electron chi connectivity index (χ1n) is 6.23. The molecule has 0 aliphatic carbocycles. The molecule has 1 N–H and O–H groups in total. The van der Waals surface area contributed by atoms with Gasteiger partial charge in [0.1, 0.15) is 0 Å². The van der Waals surface area contributed by atoms with Crippen LogP contribution in [0.15, 0.2) is 0 Å². The van der Waals surface area contributed by atoms with E-state index in [0.29, 0.717) is 12.5 Å². The molecular formula is C12H23N3O2. The predicted molar refractivity (Wildman–Crippen MR) is 66.5 cm³/mol. The largest absolute Gasteiger partial charge is 0.355 e. The lowest BCUT2D eigenvalue weighted by atomic mass is 10.2. The van der Waals surface area contributed by atoms with Gasteiger partial charge in [0.15, 0.2) is 0 Å². The molecular weight excluding hydrogens is 218 g/mol. The summed E-state index contributed by atoms with van der Waals surface area (Å²) in [5, 5.41) is 2.90. The summed E-state index contributed by atoms with van der Waals surface area (Å²) in [7, 11) is 0. The Morgan fingerprint density at radius 2 is 1.76 bits per heavy atom. The summed E-state index contributed by atoms with van der Waals surface area (Å²) >= 11 is 0. The van der Waals surface area contributed by atoms with E-state index >= 15 is 0 Å². The molecule has 5 heteroatoms. The lowest BCUT2D eigenvalue weighted by Gasteiger charge is -2.33. The van der Waals surface area contributed by atoms with E-state index in [-0.39, 0.29) is 11.8 Å². The number of carbonyl (C=O) groups is 2. The standard InChI is InChI=1S/C12H23N3O2/c1-10(2)8-13-12(17)9-14-4-6-15(7-5-14)11(3)16/h10H,4-9H2,1-3H3,(H,13,17). The Balaban J connectivity index is 2.21. The van der Waals surface area contributed by atoms with Crippen LogP contribution in [0.3, 0.4) is 0 Å². The summed E-state index contributed by atoms with van der Waals surface area (Å²) in [5.41, 5.74) is 0. The zero-order valence-electron chi connectivity index (χ0n) is 11.0. The van der Waals surface area contributed by atoms with Crippen LogP contribution >= 0.6 is 0 Å². The van der Waals surface area contributed by atoms with Crippen LogP contribution in [-0.4, -0.2) is 60.9 Å². The van der Waals surface area contributed by atoms with Crippen molar-refractivity contribution in [2.75, 3.05) is 39.3 Å². The zero-order chi connectivity index (χ0) is 12.8. The van der Waals surface area contributed by atoms with Gasteiger partial charge in [0.25, 0.3) is 0 Å². The van der Waals surface area contributed by atoms with Gasteiger partial charge < -0.3 is 10.2 Å². The Hall–Kier alpha value is -1.10. The number of rotatable bonds is 4. The normalized spacial score (nSPS) is 17.3. The molecule has 1 fully saturated rings. The maximum Gasteiger partial charge on any atom is 0.234 e. The van der Waals surface area contributed by atoms with E-state index in [1.807, 2.05) is 4.90 Å². The quantitative estimate of drug-likeness (QED) is 0.749. The highest BCUT2D eigenvalue weighted by Crippen LogP contribution is 2.01. The maximum absolute atomic E-state index is 11.6. The van der Waals surface area contributed by atoms with Crippen LogP contribution in [-0.2, 0) is 9.59 Å². The van der Waals surface area contributed by atoms with Crippen LogP contribution in [0.5, 0.6) is 0 Å². The van der Waals surface area contributed by atoms with Gasteiger partial charge in [-0.1, -0.05) is 13.8 Å². The third-order valence-electron chi connectivity index (χ3n) is 2.89. The SMILES string of the molecule is CC(=O)N1CCN(CC(=O)NCC(C)C)CC1. The molecule has 0 atom stereocenters. The van der Waals surface area contributed by atoms with Crippen molar-refractivity contribution in [3.8, 4) is 0 Å². The van der Waals surface area contributed by atoms with E-state index in [2.05, 4.69) is 24.1 Å². The molecule has 0 spiro atoms. The van der Waals surface area contributed by atoms with Crippen LogP contribution in [0.2, 0.25) is 0 Å². The van der Waals surface area contributed by atoms with Crippen LogP contribution in [0.1, 0.15) is 20.8 Å². The van der Waals surface area contributed by atoms with Crippen LogP contribution < -0.4 is 5.32 Å². The van der Waals surface area contributed by atoms with Crippen molar-refractivity contribution in [2.24, 2.45) is 5.92 Å². The van der Waals surface area contributed by atoms with Gasteiger partial charge >= 0.3 is 0 Å². The topological polar surface area (TPSA) is 52.7 Å². The molecule has 0 aromatic rings. The molecule has 0 saturated carbocycles. The Bertz CT molecular complexity index is 271. The monoisotopic (exact) mass is 241 g/mol. The molecule has 0 bridgehead atoms. The molecule has 1 saturated heterocycles. The third kappa shape index (κ3) is 5.17. The van der Waals surface area contributed by atoms with Crippen molar-refractivity contribution in [2.45, 2.75) is 20.8 Å². The summed E-state index contributed by atoms with van der Waals surface area (Å²) in [4.78, 5) is 26.6. The van der Waals surface area contributed by atoms with E-state index in [4.69, 9.17) is 0 Å². The van der Waals surface area contributed by atoms with Crippen molar-refractivity contribution in [3.05, 3.63) is 0 Å². The van der Waals surface area contributed by atoms with Crippen molar-refractivity contribution in [1.82, 2.24) is 15.1 Å². The molecule has 2 amide bonds. The molecule has 0 aromatic heterocycles. The number of amides is 2. The van der Waals surface area contributed by atoms with Crippen LogP contribution in [0.4, 0.5) is 0 Å². The predicted octanol–water partition coefficient (Wildman–Crippen LogP) is -0.0773. The molecule has 1 aliphatic heterocycles. The highest BCUT2D eigenvalue weighted by molar-refractivity contribution is 5.78. The van der Waals surface area contributed by atoms with Crippen molar-refractivity contribution in [1.29, 1.82) is 0 Å². The fourth-order valence-corrected chi connectivity index (χ4v) is 1.80. The molecule has 1 aliphatic rings. The minimum absolute atomic E-state index is 0.0787. The molecule has 1 rings (SSSR count). The highest BCUT2D eigenvalue weighted by atomic mass is 16.2. The summed E-state index contributed by atoms with van der Waals surface area (Å²) in [6.45, 7) is 9.94. The molecule has 17 heavy (non-hydrogen) atoms. The second-order valence-corrected chi connectivity index (χ2v) is 4.98. The van der Waals surface area contributed by atoms with Gasteiger partial charge in [-0.3, -0.25) is 14.5 Å². The molecule has 0 radical (unpaired) electrons. The molecule has 1 heterocycles. The van der Waals surface area contributed by atoms with E-state index in [9.17, 15) is 9.59 Å². The van der Waals surface area contributed by atoms with Gasteiger partial charge in [-0.25, -0.2) is 0 Å². The number of nitrogens with zero attached hydrogens (tertiary/aromatic N) is 2. The zero-order valence-corrected chi connectivity index (χ0v) is 11.0. The highest BCUT2D eigenvalue weighted by Gasteiger charge is 2.19. The summed E-state index contributed by atoms with van der Waals surface area (Å²) < 4.78 is 0. The van der Waals surface area contributed by atoms with E-state index in [0.717, 1.165) is 32.7 Å². The Labute approximate surface area is 103 Å². The lowest BCUT2D eigenvalue weighted by Crippen LogP contribution is -2.50. The Morgan fingerprint density at radius 1 is 1.18 bits per heavy atom. The molecule has 0 aromatic carbocycles. The van der Waals surface area contributed by atoms with E-state index < -0.39 is 0 Å². The van der Waals surface area contributed by atoms with Gasteiger partial charge in [0.05, 0.1) is 6.54 Å². The van der Waals surface area contributed by atoms with Gasteiger partial charge in [-0.05, 0) is 5.92 Å². The van der Waals surface area contributed by atoms with Crippen molar-refractivity contribution in [3.63, 3.8) is 0 Å². The first-order valence-corrected chi connectivity index (χ1v) is 6.23. The Morgan fingerprint density at radius 3 is 2.24 bits per heavy atom. The van der Waals surface area contributed by atoms with Gasteiger partial charge in [0.2, 0.25) is 11.8 Å². The summed E-state index contributed by atoms with van der Waals surface area (Å²) in [5.74, 6) is 0.678. The Kier molecular flexibility index (Phi) is 5.41. The second kappa shape index (κ2) is 6.59. The number of carbonyl (C=O) groups excluding carboxylic acids is 2. The number of hydrogen-bond acceptors (Lipinski definition) is 3. The fourth-order valence-electron chi connectivity index (χ4n) is 1.80. The number of nitrogens with one attached hydrogen (secondary N) is 1. The van der Waals surface area contributed by atoms with Gasteiger partial charge in [-0.2, -0.15) is 0 Å². The first-order chi connectivity index (χ1) is 7.99. The first kappa shape index (κ1) is 14.0. The lowest BCUT2D eigenvalue weighted by molar-refractivity contribution is -0.131. The van der Waals surface area contributed by atoms with Gasteiger partial charge in [0, 0.05) is 39.6 Å². The summed E-state index contributed by atoms with van der Waals surface area (Å²) in [6, 6.07) is 0. The molecule has 5 nitrogen and oxygen atoms in total. The maximum atomic E-state index is 11.6. The number of piperazine rings is 1. The summed E-state index contributed by atoms with van der Waals surface area (Å²) in [6.07, 6.45) is 0. The van der Waals surface area contributed by atoms with Crippen molar-refractivity contribution < 1.29 is 9.59 Å². The minimum Gasteiger partial charge on any atom is -0.355 e. The van der Waals surface area contributed by atoms with Gasteiger partial charge in [-0.15, -0.1) is 0 Å².